The number of benzene rings is 3. The Morgan fingerprint density at radius 3 is 2.47 bits per heavy atom. The van der Waals surface area contributed by atoms with Gasteiger partial charge in [-0.3, -0.25) is 9.59 Å². The number of hydrogen-bond donors (Lipinski definition) is 0. The predicted octanol–water partition coefficient (Wildman–Crippen LogP) is 4.52. The van der Waals surface area contributed by atoms with Crippen molar-refractivity contribution in [3.63, 3.8) is 0 Å². The van der Waals surface area contributed by atoms with Crippen molar-refractivity contribution in [1.82, 2.24) is 0 Å². The molecule has 1 heterocycles. The molecule has 0 aliphatic carbocycles. The van der Waals surface area contributed by atoms with Gasteiger partial charge in [0.05, 0.1) is 6.61 Å². The number of Topliss-reactive ketones (excluding diaryl/α,β-unsaturated/α-hetero) is 1. The van der Waals surface area contributed by atoms with E-state index in [1.807, 2.05) is 30.3 Å². The molecule has 6 heteroatoms. The first-order chi connectivity index (χ1) is 15.3. The molecule has 1 aliphatic rings. The predicted molar refractivity (Wildman–Crippen MR) is 119 cm³/mol. The van der Waals surface area contributed by atoms with Crippen LogP contribution < -0.4 is 9.47 Å². The van der Waals surface area contributed by atoms with Crippen LogP contribution in [0.15, 0.2) is 60.7 Å². The van der Waals surface area contributed by atoms with Crippen LogP contribution in [0.3, 0.4) is 0 Å². The summed E-state index contributed by atoms with van der Waals surface area (Å²) in [7, 11) is 0. The number of esters is 2. The quantitative estimate of drug-likeness (QED) is 0.247. The van der Waals surface area contributed by atoms with E-state index in [9.17, 15) is 14.4 Å². The van der Waals surface area contributed by atoms with Crippen molar-refractivity contribution in [2.75, 3.05) is 6.61 Å². The van der Waals surface area contributed by atoms with Crippen LogP contribution in [-0.2, 0) is 20.7 Å². The fourth-order valence-corrected chi connectivity index (χ4v) is 3.82. The molecule has 4 rings (SSSR count). The Labute approximate surface area is 186 Å². The maximum atomic E-state index is 13.1. The summed E-state index contributed by atoms with van der Waals surface area (Å²) in [6.45, 7) is 5.22. The molecule has 0 saturated heterocycles. The minimum atomic E-state index is -1.17. The van der Waals surface area contributed by atoms with Crippen LogP contribution in [0, 0.1) is 5.92 Å². The van der Waals surface area contributed by atoms with Crippen LogP contribution in [0.1, 0.15) is 36.7 Å². The van der Waals surface area contributed by atoms with E-state index in [0.29, 0.717) is 17.1 Å². The van der Waals surface area contributed by atoms with Crippen molar-refractivity contribution in [3.05, 3.63) is 71.8 Å². The molecule has 0 N–H and O–H groups in total. The Hall–Kier alpha value is -3.67. The van der Waals surface area contributed by atoms with Gasteiger partial charge >= 0.3 is 11.9 Å². The molecule has 3 aromatic rings. The van der Waals surface area contributed by atoms with Gasteiger partial charge in [-0.2, -0.15) is 0 Å². The van der Waals surface area contributed by atoms with Crippen LogP contribution >= 0.6 is 0 Å². The first-order valence-electron chi connectivity index (χ1n) is 10.5. The van der Waals surface area contributed by atoms with Crippen molar-refractivity contribution in [1.29, 1.82) is 0 Å². The van der Waals surface area contributed by atoms with Gasteiger partial charge in [-0.25, -0.2) is 4.79 Å². The van der Waals surface area contributed by atoms with Crippen molar-refractivity contribution in [3.8, 4) is 11.5 Å². The Morgan fingerprint density at radius 1 is 1.03 bits per heavy atom. The maximum Gasteiger partial charge on any atom is 0.349 e. The van der Waals surface area contributed by atoms with E-state index in [2.05, 4.69) is 0 Å². The smallest absolute Gasteiger partial charge is 0.349 e. The second-order valence-corrected chi connectivity index (χ2v) is 8.16. The summed E-state index contributed by atoms with van der Waals surface area (Å²) >= 11 is 0. The maximum absolute atomic E-state index is 13.1. The minimum Gasteiger partial charge on any atom is -0.476 e. The highest BCUT2D eigenvalue weighted by Crippen LogP contribution is 2.35. The van der Waals surface area contributed by atoms with E-state index >= 15 is 0 Å². The third kappa shape index (κ3) is 4.08. The Bertz CT molecular complexity index is 1190. The molecule has 1 aliphatic heterocycles. The van der Waals surface area contributed by atoms with Crippen LogP contribution in [0.2, 0.25) is 0 Å². The first kappa shape index (κ1) is 21.6. The van der Waals surface area contributed by atoms with Gasteiger partial charge in [0.25, 0.3) is 0 Å². The van der Waals surface area contributed by atoms with Crippen LogP contribution in [0.5, 0.6) is 11.5 Å². The molecule has 0 amide bonds. The normalized spacial score (nSPS) is 15.6. The molecule has 3 aromatic carbocycles. The number of fused-ring (bicyclic) bond motifs is 3. The van der Waals surface area contributed by atoms with E-state index in [0.717, 1.165) is 16.3 Å². The number of ketones is 1. The van der Waals surface area contributed by atoms with E-state index in [-0.39, 0.29) is 18.8 Å². The van der Waals surface area contributed by atoms with Crippen molar-refractivity contribution in [2.45, 2.75) is 32.8 Å². The summed E-state index contributed by atoms with van der Waals surface area (Å²) in [6, 6.07) is 17.9. The molecule has 6 nitrogen and oxygen atoms in total. The van der Waals surface area contributed by atoms with Crippen molar-refractivity contribution in [2.24, 2.45) is 5.92 Å². The summed E-state index contributed by atoms with van der Waals surface area (Å²) in [4.78, 5) is 37.7. The summed E-state index contributed by atoms with van der Waals surface area (Å²) < 4.78 is 16.3. The molecular formula is C26H24O6. The standard InChI is InChI=1S/C26H24O6/c1-4-30-25(29)26(2,3)32-18-12-9-17(10-13-18)23(27)21-15-20-19-8-6-5-7-16(19)11-14-22(20)31-24(21)28/h5-14,21H,4,15H2,1-3H3. The number of rotatable bonds is 6. The van der Waals surface area contributed by atoms with E-state index < -0.39 is 23.5 Å². The van der Waals surface area contributed by atoms with Gasteiger partial charge in [0, 0.05) is 11.1 Å². The lowest BCUT2D eigenvalue weighted by atomic mass is 9.87. The topological polar surface area (TPSA) is 78.9 Å². The minimum absolute atomic E-state index is 0.259. The summed E-state index contributed by atoms with van der Waals surface area (Å²) in [5.41, 5.74) is 0.0635. The molecule has 32 heavy (non-hydrogen) atoms. The van der Waals surface area contributed by atoms with E-state index in [1.54, 1.807) is 51.1 Å². The van der Waals surface area contributed by atoms with Gasteiger partial charge in [-0.15, -0.1) is 0 Å². The zero-order valence-corrected chi connectivity index (χ0v) is 18.2. The van der Waals surface area contributed by atoms with Gasteiger partial charge in [0.2, 0.25) is 0 Å². The Morgan fingerprint density at radius 2 is 1.75 bits per heavy atom. The monoisotopic (exact) mass is 432 g/mol. The average molecular weight is 432 g/mol. The van der Waals surface area contributed by atoms with E-state index in [4.69, 9.17) is 14.2 Å². The lowest BCUT2D eigenvalue weighted by Gasteiger charge is -2.25. The summed E-state index contributed by atoms with van der Waals surface area (Å²) in [6.07, 6.45) is 0.280. The van der Waals surface area contributed by atoms with E-state index in [1.165, 1.54) is 0 Å². The summed E-state index contributed by atoms with van der Waals surface area (Å²) in [5.74, 6) is -1.34. The van der Waals surface area contributed by atoms with Gasteiger partial charge in [0.1, 0.15) is 17.4 Å². The highest BCUT2D eigenvalue weighted by molar-refractivity contribution is 6.10. The molecular weight excluding hydrogens is 408 g/mol. The fraction of sp³-hybridized carbons (Fsp3) is 0.269. The molecule has 0 spiro atoms. The molecule has 1 unspecified atom stereocenters. The largest absolute Gasteiger partial charge is 0.476 e. The van der Waals surface area contributed by atoms with Crippen LogP contribution in [0.4, 0.5) is 0 Å². The van der Waals surface area contributed by atoms with Crippen molar-refractivity contribution < 1.29 is 28.6 Å². The second kappa shape index (κ2) is 8.46. The lowest BCUT2D eigenvalue weighted by molar-refractivity contribution is -0.158. The van der Waals surface area contributed by atoms with Gasteiger partial charge in [-0.1, -0.05) is 30.3 Å². The number of carbonyl (C=O) groups excluding carboxylic acids is 3. The van der Waals surface area contributed by atoms with Gasteiger partial charge in [0.15, 0.2) is 11.4 Å². The molecule has 0 radical (unpaired) electrons. The summed E-state index contributed by atoms with van der Waals surface area (Å²) in [5, 5.41) is 2.00. The SMILES string of the molecule is CCOC(=O)C(C)(C)Oc1ccc(C(=O)C2Cc3c(ccc4ccccc34)OC2=O)cc1. The Balaban J connectivity index is 1.54. The molecule has 164 valence electrons. The van der Waals surface area contributed by atoms with Crippen LogP contribution in [0.25, 0.3) is 10.8 Å². The zero-order valence-electron chi connectivity index (χ0n) is 18.2. The van der Waals surface area contributed by atoms with Gasteiger partial charge < -0.3 is 14.2 Å². The molecule has 0 bridgehead atoms. The zero-order chi connectivity index (χ0) is 22.9. The van der Waals surface area contributed by atoms with Crippen molar-refractivity contribution >= 4 is 28.5 Å². The molecule has 0 fully saturated rings. The first-order valence-corrected chi connectivity index (χ1v) is 10.5. The third-order valence-corrected chi connectivity index (χ3v) is 5.50. The second-order valence-electron chi connectivity index (χ2n) is 8.16. The Kier molecular flexibility index (Phi) is 5.70. The highest BCUT2D eigenvalue weighted by Gasteiger charge is 2.36. The van der Waals surface area contributed by atoms with Gasteiger partial charge in [-0.05, 0) is 68.3 Å². The molecule has 0 aromatic heterocycles. The lowest BCUT2D eigenvalue weighted by Crippen LogP contribution is -2.39. The highest BCUT2D eigenvalue weighted by atomic mass is 16.6. The molecule has 1 atom stereocenters. The fourth-order valence-electron chi connectivity index (χ4n) is 3.82. The third-order valence-electron chi connectivity index (χ3n) is 5.50. The number of ether oxygens (including phenoxy) is 3. The number of carbonyl (C=O) groups is 3. The molecule has 0 saturated carbocycles. The number of hydrogen-bond acceptors (Lipinski definition) is 6. The van der Waals surface area contributed by atoms with Crippen LogP contribution in [-0.4, -0.2) is 29.9 Å². The average Bonchev–Trinajstić information content (AvgIpc) is 2.78.